The molecule has 668 valence electrons. The molecule has 20 rings (SSSR count). The molecule has 0 bridgehead atoms. The quantitative estimate of drug-likeness (QED) is 0.0238. The van der Waals surface area contributed by atoms with Crippen molar-refractivity contribution in [3.8, 4) is 68.5 Å². The Morgan fingerprint density at radius 1 is 0.331 bits per heavy atom. The van der Waals surface area contributed by atoms with Crippen LogP contribution in [-0.2, 0) is 18.5 Å². The smallest absolute Gasteiger partial charge is 0.417 e. The van der Waals surface area contributed by atoms with Crippen molar-refractivity contribution in [1.29, 1.82) is 0 Å². The summed E-state index contributed by atoms with van der Waals surface area (Å²) < 4.78 is 223. The number of benzene rings is 12. The van der Waals surface area contributed by atoms with Crippen LogP contribution in [0, 0.1) is 45.0 Å². The molecule has 0 spiro atoms. The Kier molecular flexibility index (Phi) is 23.7. The molecule has 0 fully saturated rings. The second-order valence-electron chi connectivity index (χ2n) is 28.5. The summed E-state index contributed by atoms with van der Waals surface area (Å²) in [5.41, 5.74) is -0.640. The summed E-state index contributed by atoms with van der Waals surface area (Å²) in [6, 6.07) is 53.6. The summed E-state index contributed by atoms with van der Waals surface area (Å²) in [5, 5.41) is 51.7. The molecule has 0 atom stereocenters. The number of hydrogen-bond donors (Lipinski definition) is 8. The lowest BCUT2D eigenvalue weighted by atomic mass is 10.1. The van der Waals surface area contributed by atoms with Gasteiger partial charge in [0.1, 0.15) is 103 Å². The van der Waals surface area contributed by atoms with Gasteiger partial charge < -0.3 is 35.5 Å². The van der Waals surface area contributed by atoms with Crippen LogP contribution in [0.1, 0.15) is 16.7 Å². The number of ether oxygens (including phenoxy) is 3. The molecule has 0 aliphatic carbocycles. The van der Waals surface area contributed by atoms with Gasteiger partial charge in [-0.05, 0) is 127 Å². The highest BCUT2D eigenvalue weighted by Gasteiger charge is 2.38. The standard InChI is InChI=1S/C23H14F5N5O.2C23H15F4N5O.C21H11ClF2N6O3/c1-34-17-8-4-6-13-19(17)29-20(12-5-2-3-7-15(12)23(26,27)28)30-21(13)31-22-14-9-11(24)10-16(25)18(14)32-33-22;1-33-17-11-5-8-14-19(17)28-20(12-6-2-3-9-15(12)23(25,26)27)29-21(14)30-22-13-7-4-10-16(24)18(13)31-32-22;1-33-18-8-4-6-14-19(18)28-20(13-5-2-3-7-16(13)23(25,26)27)29-21(14)30-22-15-11-12(24)9-10-17(15)31-32-22;22-15-9-11(33-30(31)32)5-6-12(15)19-25-17-4-2-1-3-13(17)20(26-19)27-21-14-7-10(23)8-16(24)18(14)28-29-21/h2-10H,1H3,(H2,29,30,31,32,33);2*2-11H,1H3,(H2,28,29,30,31,32);1-9H,(H2,25,26,27,28,29). The van der Waals surface area contributed by atoms with Crippen LogP contribution in [0.2, 0.25) is 5.02 Å². The number of anilines is 8. The van der Waals surface area contributed by atoms with Crippen molar-refractivity contribution in [3.05, 3.63) is 297 Å². The Hall–Kier alpha value is -17.1. The number of aromatic nitrogens is 16. The maximum absolute atomic E-state index is 14.1. The molecule has 27 nitrogen and oxygen atoms in total. The van der Waals surface area contributed by atoms with Gasteiger partial charge in [0, 0.05) is 66.7 Å². The van der Waals surface area contributed by atoms with Gasteiger partial charge in [-0.25, -0.2) is 66.2 Å². The number of alkyl halides is 9. The van der Waals surface area contributed by atoms with E-state index in [1.165, 1.54) is 124 Å². The van der Waals surface area contributed by atoms with E-state index in [4.69, 9.17) is 25.8 Å². The first-order valence-corrected chi connectivity index (χ1v) is 39.2. The molecule has 12 aromatic carbocycles. The number of hydrogen-bond acceptors (Lipinski definition) is 22. The fourth-order valence-corrected chi connectivity index (χ4v) is 14.6. The normalized spacial score (nSPS) is 11.6. The number of methoxy groups -OCH3 is 3. The van der Waals surface area contributed by atoms with Gasteiger partial charge in [-0.1, -0.05) is 103 Å². The van der Waals surface area contributed by atoms with Crippen LogP contribution in [0.25, 0.3) is 133 Å². The van der Waals surface area contributed by atoms with E-state index in [1.54, 1.807) is 84.9 Å². The first kappa shape index (κ1) is 88.0. The molecule has 0 amide bonds. The van der Waals surface area contributed by atoms with Gasteiger partial charge in [0.15, 0.2) is 58.2 Å². The van der Waals surface area contributed by atoms with E-state index >= 15 is 0 Å². The zero-order chi connectivity index (χ0) is 93.5. The van der Waals surface area contributed by atoms with Crippen LogP contribution in [0.15, 0.2) is 231 Å². The molecule has 20 aromatic rings. The molecular formula is C90H55ClF15N21O6. The van der Waals surface area contributed by atoms with Crippen LogP contribution < -0.4 is 40.3 Å². The Bertz CT molecular complexity index is 7790. The van der Waals surface area contributed by atoms with E-state index in [9.17, 15) is 76.0 Å². The SMILES string of the molecule is COc1cccc2c(Nc3n[nH]c4c(F)cc(F)cc34)nc(-c3ccccc3C(F)(F)F)nc12.COc1cccc2c(Nc3n[nH]c4c(F)cccc34)nc(-c3ccccc3C(F)(F)F)nc12.COc1cccc2c(Nc3n[nH]c4ccc(F)cc34)nc(-c3ccccc3C(F)(F)F)nc12.O=[N+]([O-])Oc1ccc(-c2nc(Nc3n[nH]c4c(F)cc(F)cc34)c3ccccc3n2)c(Cl)c1. The van der Waals surface area contributed by atoms with Crippen LogP contribution in [-0.4, -0.2) is 107 Å². The van der Waals surface area contributed by atoms with Crippen LogP contribution in [0.5, 0.6) is 23.0 Å². The average molecular weight is 1850 g/mol. The van der Waals surface area contributed by atoms with E-state index < -0.39 is 75.2 Å². The molecule has 0 aliphatic heterocycles. The lowest BCUT2D eigenvalue weighted by Gasteiger charge is -2.15. The Morgan fingerprint density at radius 3 is 1.12 bits per heavy atom. The van der Waals surface area contributed by atoms with Crippen molar-refractivity contribution >= 4 is 145 Å². The van der Waals surface area contributed by atoms with E-state index in [0.717, 1.165) is 36.4 Å². The predicted molar refractivity (Wildman–Crippen MR) is 464 cm³/mol. The third-order valence-corrected chi connectivity index (χ3v) is 20.6. The molecule has 133 heavy (non-hydrogen) atoms. The van der Waals surface area contributed by atoms with E-state index in [2.05, 4.69) is 107 Å². The fourth-order valence-electron chi connectivity index (χ4n) is 14.3. The average Bonchev–Trinajstić information content (AvgIpc) is 1.18. The third-order valence-electron chi connectivity index (χ3n) is 20.3. The molecular weight excluding hydrogens is 1790 g/mol. The van der Waals surface area contributed by atoms with Gasteiger partial charge in [0.2, 0.25) is 0 Å². The number of nitrogens with zero attached hydrogens (tertiary/aromatic N) is 13. The third kappa shape index (κ3) is 18.1. The van der Waals surface area contributed by atoms with E-state index in [1.807, 2.05) is 0 Å². The molecule has 0 saturated heterocycles. The van der Waals surface area contributed by atoms with Crippen molar-refractivity contribution in [2.24, 2.45) is 0 Å². The summed E-state index contributed by atoms with van der Waals surface area (Å²) in [7, 11) is 4.29. The number of H-pyrrole nitrogens is 4. The summed E-state index contributed by atoms with van der Waals surface area (Å²) in [6.07, 6.45) is -13.8. The molecule has 0 saturated carbocycles. The minimum absolute atomic E-state index is 0.0336. The van der Waals surface area contributed by atoms with E-state index in [-0.39, 0.29) is 124 Å². The number of halogens is 16. The first-order chi connectivity index (χ1) is 63.9. The Labute approximate surface area is 739 Å². The minimum Gasteiger partial charge on any atom is -0.494 e. The zero-order valence-electron chi connectivity index (χ0n) is 67.8. The highest BCUT2D eigenvalue weighted by Crippen LogP contribution is 2.45. The molecule has 8 N–H and O–H groups in total. The summed E-state index contributed by atoms with van der Waals surface area (Å²) in [5.74, 6) is -1.93. The predicted octanol–water partition coefficient (Wildman–Crippen LogP) is 23.8. The monoisotopic (exact) mass is 1850 g/mol. The van der Waals surface area contributed by atoms with Gasteiger partial charge in [-0.15, -0.1) is 10.1 Å². The van der Waals surface area contributed by atoms with Crippen molar-refractivity contribution in [1.82, 2.24) is 80.7 Å². The van der Waals surface area contributed by atoms with Crippen molar-refractivity contribution in [3.63, 3.8) is 0 Å². The van der Waals surface area contributed by atoms with Crippen LogP contribution in [0.3, 0.4) is 0 Å². The molecule has 0 radical (unpaired) electrons. The molecule has 0 aliphatic rings. The lowest BCUT2D eigenvalue weighted by molar-refractivity contribution is -0.711. The maximum atomic E-state index is 14.1. The number of fused-ring (bicyclic) bond motifs is 8. The molecule has 43 heteroatoms. The van der Waals surface area contributed by atoms with Crippen molar-refractivity contribution < 1.29 is 90.0 Å². The molecule has 0 unspecified atom stereocenters. The first-order valence-electron chi connectivity index (χ1n) is 38.8. The van der Waals surface area contributed by atoms with Gasteiger partial charge in [-0.2, -0.15) is 59.9 Å². The highest BCUT2D eigenvalue weighted by atomic mass is 35.5. The number of nitrogens with one attached hydrogen (secondary N) is 8. The number of aromatic amines is 4. The summed E-state index contributed by atoms with van der Waals surface area (Å²) >= 11 is 6.30. The van der Waals surface area contributed by atoms with Crippen LogP contribution in [0.4, 0.5) is 112 Å². The molecule has 8 heterocycles. The Morgan fingerprint density at radius 2 is 0.692 bits per heavy atom. The lowest BCUT2D eigenvalue weighted by Crippen LogP contribution is -2.09. The Balaban J connectivity index is 0.000000124. The second kappa shape index (κ2) is 35.9. The zero-order valence-corrected chi connectivity index (χ0v) is 68.5. The van der Waals surface area contributed by atoms with Crippen LogP contribution >= 0.6 is 11.6 Å². The van der Waals surface area contributed by atoms with Crippen molar-refractivity contribution in [2.45, 2.75) is 18.5 Å². The topological polar surface area (TPSA) is 346 Å². The number of para-hydroxylation sites is 5. The summed E-state index contributed by atoms with van der Waals surface area (Å²) in [4.78, 5) is 50.3. The van der Waals surface area contributed by atoms with Gasteiger partial charge >= 0.3 is 18.5 Å². The fraction of sp³-hybridized carbons (Fsp3) is 0.0667. The minimum atomic E-state index is -4.64. The maximum Gasteiger partial charge on any atom is 0.417 e. The van der Waals surface area contributed by atoms with E-state index in [0.29, 0.717) is 89.1 Å². The summed E-state index contributed by atoms with van der Waals surface area (Å²) in [6.45, 7) is 0. The van der Waals surface area contributed by atoms with Gasteiger partial charge in [0.25, 0.3) is 5.09 Å². The van der Waals surface area contributed by atoms with Crippen molar-refractivity contribution in [2.75, 3.05) is 42.6 Å². The largest absolute Gasteiger partial charge is 0.494 e. The second-order valence-corrected chi connectivity index (χ2v) is 28.9. The highest BCUT2D eigenvalue weighted by molar-refractivity contribution is 6.33. The van der Waals surface area contributed by atoms with Gasteiger partial charge in [-0.3, -0.25) is 25.2 Å². The molecule has 8 aromatic heterocycles. The van der Waals surface area contributed by atoms with Gasteiger partial charge in [0.05, 0.1) is 64.8 Å². The number of rotatable bonds is 17.